The van der Waals surface area contributed by atoms with Crippen LogP contribution in [0.2, 0.25) is 0 Å². The summed E-state index contributed by atoms with van der Waals surface area (Å²) in [4.78, 5) is 10.0. The minimum absolute atomic E-state index is 0.0786. The van der Waals surface area contributed by atoms with E-state index in [0.29, 0.717) is 19.5 Å². The normalized spacial score (nSPS) is 14.2. The van der Waals surface area contributed by atoms with Gasteiger partial charge in [0.05, 0.1) is 17.1 Å². The van der Waals surface area contributed by atoms with E-state index in [1.165, 1.54) is 12.1 Å². The van der Waals surface area contributed by atoms with Gasteiger partial charge in [0.25, 0.3) is 5.69 Å². The number of nitro groups is 1. The summed E-state index contributed by atoms with van der Waals surface area (Å²) in [6.45, 7) is 2.19. The van der Waals surface area contributed by atoms with Gasteiger partial charge in [-0.25, -0.2) is 0 Å². The van der Waals surface area contributed by atoms with E-state index in [-0.39, 0.29) is 12.3 Å². The Morgan fingerprint density at radius 1 is 1.39 bits per heavy atom. The second kappa shape index (κ2) is 6.44. The Kier molecular flexibility index (Phi) is 5.21. The quantitative estimate of drug-likeness (QED) is 0.373. The van der Waals surface area contributed by atoms with Gasteiger partial charge in [-0.1, -0.05) is 12.1 Å². The van der Waals surface area contributed by atoms with E-state index >= 15 is 0 Å². The molecule has 0 saturated carbocycles. The third kappa shape index (κ3) is 4.79. The molecule has 0 aliphatic heterocycles. The van der Waals surface area contributed by atoms with Crippen molar-refractivity contribution in [3.63, 3.8) is 0 Å². The maximum Gasteiger partial charge on any atom is 0.269 e. The summed E-state index contributed by atoms with van der Waals surface area (Å²) in [5.74, 6) is 0. The summed E-state index contributed by atoms with van der Waals surface area (Å²) in [6, 6.07) is 6.37. The number of nitrogens with one attached hydrogen (secondary N) is 1. The third-order valence-electron chi connectivity index (χ3n) is 2.58. The summed E-state index contributed by atoms with van der Waals surface area (Å²) < 4.78 is 0. The van der Waals surface area contributed by atoms with E-state index in [4.69, 9.17) is 5.11 Å². The van der Waals surface area contributed by atoms with Crippen molar-refractivity contribution in [3.05, 3.63) is 39.9 Å². The largest absolute Gasteiger partial charge is 0.393 e. The Morgan fingerprint density at radius 3 is 2.50 bits per heavy atom. The van der Waals surface area contributed by atoms with Crippen LogP contribution in [0.1, 0.15) is 12.5 Å². The Bertz CT molecular complexity index is 390. The van der Waals surface area contributed by atoms with Crippen LogP contribution in [-0.2, 0) is 6.42 Å². The van der Waals surface area contributed by atoms with Crippen molar-refractivity contribution in [3.8, 4) is 0 Å². The molecule has 0 spiro atoms. The average Bonchev–Trinajstić information content (AvgIpc) is 2.35. The average molecular weight is 254 g/mol. The molecule has 0 aliphatic rings. The van der Waals surface area contributed by atoms with Crippen LogP contribution >= 0.6 is 0 Å². The van der Waals surface area contributed by atoms with Gasteiger partial charge in [0.15, 0.2) is 0 Å². The van der Waals surface area contributed by atoms with Crippen molar-refractivity contribution in [2.24, 2.45) is 0 Å². The van der Waals surface area contributed by atoms with Crippen LogP contribution in [0.25, 0.3) is 0 Å². The molecule has 0 fully saturated rings. The molecule has 100 valence electrons. The first-order valence-corrected chi connectivity index (χ1v) is 5.72. The Labute approximate surface area is 105 Å². The smallest absolute Gasteiger partial charge is 0.269 e. The van der Waals surface area contributed by atoms with Crippen LogP contribution in [0, 0.1) is 10.1 Å². The van der Waals surface area contributed by atoms with Crippen molar-refractivity contribution in [2.45, 2.75) is 18.9 Å². The predicted octanol–water partition coefficient (Wildman–Crippen LogP) is 0.470. The molecule has 0 heterocycles. The molecule has 1 atom stereocenters. The monoisotopic (exact) mass is 254 g/mol. The maximum absolute atomic E-state index is 10.5. The second-order valence-corrected chi connectivity index (χ2v) is 4.51. The van der Waals surface area contributed by atoms with Crippen LogP contribution < -0.4 is 5.32 Å². The standard InChI is InChI=1S/C12H18N2O4/c1-12(16,9-15)8-13-7-6-10-2-4-11(5-3-10)14(17)18/h2-5,13,15-16H,6-9H2,1H3. The van der Waals surface area contributed by atoms with Crippen molar-refractivity contribution in [1.82, 2.24) is 5.32 Å². The van der Waals surface area contributed by atoms with Crippen LogP contribution in [0.4, 0.5) is 5.69 Å². The number of benzene rings is 1. The minimum Gasteiger partial charge on any atom is -0.393 e. The highest BCUT2D eigenvalue weighted by atomic mass is 16.6. The Hall–Kier alpha value is -1.50. The molecule has 6 heteroatoms. The molecule has 18 heavy (non-hydrogen) atoms. The van der Waals surface area contributed by atoms with E-state index in [1.54, 1.807) is 19.1 Å². The minimum atomic E-state index is -1.12. The fourth-order valence-electron chi connectivity index (χ4n) is 1.43. The highest BCUT2D eigenvalue weighted by Gasteiger charge is 2.17. The topological polar surface area (TPSA) is 95.6 Å². The van der Waals surface area contributed by atoms with Crippen LogP contribution in [-0.4, -0.2) is 40.4 Å². The number of hydrogen-bond acceptors (Lipinski definition) is 5. The van der Waals surface area contributed by atoms with Gasteiger partial charge >= 0.3 is 0 Å². The molecule has 0 aliphatic carbocycles. The lowest BCUT2D eigenvalue weighted by atomic mass is 10.1. The van der Waals surface area contributed by atoms with E-state index < -0.39 is 10.5 Å². The van der Waals surface area contributed by atoms with Crippen molar-refractivity contribution >= 4 is 5.69 Å². The molecule has 1 unspecified atom stereocenters. The van der Waals surface area contributed by atoms with Gasteiger partial charge in [-0.2, -0.15) is 0 Å². The lowest BCUT2D eigenvalue weighted by Crippen LogP contribution is -2.41. The first-order valence-electron chi connectivity index (χ1n) is 5.72. The number of non-ortho nitro benzene ring substituents is 1. The van der Waals surface area contributed by atoms with Crippen molar-refractivity contribution < 1.29 is 15.1 Å². The second-order valence-electron chi connectivity index (χ2n) is 4.51. The number of hydrogen-bond donors (Lipinski definition) is 3. The summed E-state index contributed by atoms with van der Waals surface area (Å²) in [6.07, 6.45) is 0.708. The fourth-order valence-corrected chi connectivity index (χ4v) is 1.43. The summed E-state index contributed by atoms with van der Waals surface area (Å²) in [5, 5.41) is 31.8. The third-order valence-corrected chi connectivity index (χ3v) is 2.58. The number of aliphatic hydroxyl groups is 2. The molecular weight excluding hydrogens is 236 g/mol. The molecule has 0 saturated heterocycles. The fraction of sp³-hybridized carbons (Fsp3) is 0.500. The first kappa shape index (κ1) is 14.6. The molecule has 0 amide bonds. The molecule has 1 aromatic rings. The van der Waals surface area contributed by atoms with Gasteiger partial charge in [-0.15, -0.1) is 0 Å². The molecular formula is C12H18N2O4. The van der Waals surface area contributed by atoms with E-state index in [2.05, 4.69) is 5.32 Å². The molecule has 0 radical (unpaired) electrons. The molecule has 1 rings (SSSR count). The number of aliphatic hydroxyl groups excluding tert-OH is 1. The zero-order valence-corrected chi connectivity index (χ0v) is 10.3. The van der Waals surface area contributed by atoms with Crippen molar-refractivity contribution in [2.75, 3.05) is 19.7 Å². The SMILES string of the molecule is CC(O)(CO)CNCCc1ccc([N+](=O)[O-])cc1. The lowest BCUT2D eigenvalue weighted by molar-refractivity contribution is -0.384. The molecule has 6 nitrogen and oxygen atoms in total. The predicted molar refractivity (Wildman–Crippen MR) is 67.4 cm³/mol. The molecule has 0 aromatic heterocycles. The highest BCUT2D eigenvalue weighted by molar-refractivity contribution is 5.32. The summed E-state index contributed by atoms with van der Waals surface area (Å²) >= 11 is 0. The number of nitro benzene ring substituents is 1. The number of nitrogens with zero attached hydrogens (tertiary/aromatic N) is 1. The lowest BCUT2D eigenvalue weighted by Gasteiger charge is -2.20. The van der Waals surface area contributed by atoms with Gasteiger partial charge in [-0.3, -0.25) is 10.1 Å². The highest BCUT2D eigenvalue weighted by Crippen LogP contribution is 2.11. The van der Waals surface area contributed by atoms with Gasteiger partial charge in [0.2, 0.25) is 0 Å². The van der Waals surface area contributed by atoms with Crippen LogP contribution in [0.3, 0.4) is 0 Å². The summed E-state index contributed by atoms with van der Waals surface area (Å²) in [5.41, 5.74) is -0.0539. The van der Waals surface area contributed by atoms with Crippen LogP contribution in [0.15, 0.2) is 24.3 Å². The van der Waals surface area contributed by atoms with E-state index in [1.807, 2.05) is 0 Å². The van der Waals surface area contributed by atoms with E-state index in [9.17, 15) is 15.2 Å². The molecule has 0 bridgehead atoms. The number of rotatable bonds is 7. The Morgan fingerprint density at radius 2 is 2.00 bits per heavy atom. The Balaban J connectivity index is 2.34. The van der Waals surface area contributed by atoms with Gasteiger partial charge in [-0.05, 0) is 25.5 Å². The zero-order chi connectivity index (χ0) is 13.6. The molecule has 1 aromatic carbocycles. The van der Waals surface area contributed by atoms with Gasteiger partial charge in [0, 0.05) is 18.7 Å². The first-order chi connectivity index (χ1) is 8.44. The maximum atomic E-state index is 10.5. The van der Waals surface area contributed by atoms with Gasteiger partial charge in [0.1, 0.15) is 0 Å². The van der Waals surface area contributed by atoms with Gasteiger partial charge < -0.3 is 15.5 Å². The van der Waals surface area contributed by atoms with Crippen LogP contribution in [0.5, 0.6) is 0 Å². The summed E-state index contributed by atoms with van der Waals surface area (Å²) in [7, 11) is 0. The zero-order valence-electron chi connectivity index (χ0n) is 10.3. The van der Waals surface area contributed by atoms with E-state index in [0.717, 1.165) is 5.56 Å². The molecule has 3 N–H and O–H groups in total. The van der Waals surface area contributed by atoms with Crippen molar-refractivity contribution in [1.29, 1.82) is 0 Å².